The zero-order valence-electron chi connectivity index (χ0n) is 6.08. The summed E-state index contributed by atoms with van der Waals surface area (Å²) in [4.78, 5) is 0. The lowest BCUT2D eigenvalue weighted by Crippen LogP contribution is -2.39. The Hall–Kier alpha value is -0.380. The van der Waals surface area contributed by atoms with E-state index >= 15 is 0 Å². The monoisotopic (exact) mass is 143 g/mol. The van der Waals surface area contributed by atoms with E-state index in [1.165, 1.54) is 0 Å². The molecule has 2 N–H and O–H groups in total. The minimum absolute atomic E-state index is 0.0648. The van der Waals surface area contributed by atoms with Crippen LogP contribution in [0, 0.1) is 0 Å². The van der Waals surface area contributed by atoms with Crippen molar-refractivity contribution >= 4 is 0 Å². The van der Waals surface area contributed by atoms with Gasteiger partial charge in [0.2, 0.25) is 0 Å². The van der Waals surface area contributed by atoms with Gasteiger partial charge in [0, 0.05) is 7.11 Å². The molecule has 0 bridgehead atoms. The summed E-state index contributed by atoms with van der Waals surface area (Å²) >= 11 is 0. The summed E-state index contributed by atoms with van der Waals surface area (Å²) in [6, 6.07) is 0.0648. The number of rotatable bonds is 2. The van der Waals surface area contributed by atoms with Gasteiger partial charge >= 0.3 is 0 Å². The summed E-state index contributed by atoms with van der Waals surface area (Å²) in [5, 5.41) is 8.63. The third-order valence-electron chi connectivity index (χ3n) is 1.84. The van der Waals surface area contributed by atoms with Crippen LogP contribution in [-0.4, -0.2) is 24.5 Å². The van der Waals surface area contributed by atoms with E-state index < -0.39 is 0 Å². The lowest BCUT2D eigenvalue weighted by atomic mass is 9.99. The quantitative estimate of drug-likeness (QED) is 0.441. The van der Waals surface area contributed by atoms with E-state index in [4.69, 9.17) is 9.94 Å². The van der Waals surface area contributed by atoms with Gasteiger partial charge in [0.1, 0.15) is 0 Å². The number of methoxy groups -OCH3 is 1. The second kappa shape index (κ2) is 3.71. The maximum absolute atomic E-state index is 8.63. The molecule has 0 aromatic carbocycles. The van der Waals surface area contributed by atoms with Gasteiger partial charge in [-0.05, 0) is 12.8 Å². The molecule has 0 aliphatic heterocycles. The highest BCUT2D eigenvalue weighted by atomic mass is 16.5. The first-order valence-corrected chi connectivity index (χ1v) is 3.46. The predicted octanol–water partition coefficient (Wildman–Crippen LogP) is 0.699. The van der Waals surface area contributed by atoms with Crippen molar-refractivity contribution in [2.24, 2.45) is 0 Å². The zero-order chi connectivity index (χ0) is 7.40. The van der Waals surface area contributed by atoms with E-state index in [9.17, 15) is 0 Å². The van der Waals surface area contributed by atoms with Crippen molar-refractivity contribution in [3.8, 4) is 0 Å². The fourth-order valence-corrected chi connectivity index (χ4v) is 1.19. The van der Waals surface area contributed by atoms with Gasteiger partial charge < -0.3 is 9.94 Å². The summed E-state index contributed by atoms with van der Waals surface area (Å²) in [7, 11) is 1.66. The SMILES string of the molecule is COC1CC=CCC1NO. The van der Waals surface area contributed by atoms with Gasteiger partial charge in [-0.1, -0.05) is 12.2 Å². The molecule has 3 heteroatoms. The Morgan fingerprint density at radius 3 is 2.70 bits per heavy atom. The second-order valence-electron chi connectivity index (χ2n) is 2.45. The van der Waals surface area contributed by atoms with E-state index in [0.717, 1.165) is 12.8 Å². The van der Waals surface area contributed by atoms with Crippen LogP contribution in [-0.2, 0) is 4.74 Å². The molecule has 10 heavy (non-hydrogen) atoms. The Balaban J connectivity index is 2.45. The summed E-state index contributed by atoms with van der Waals surface area (Å²) in [5.74, 6) is 0. The van der Waals surface area contributed by atoms with Crippen molar-refractivity contribution in [3.63, 3.8) is 0 Å². The van der Waals surface area contributed by atoms with Gasteiger partial charge in [0.05, 0.1) is 12.1 Å². The maximum Gasteiger partial charge on any atom is 0.0784 e. The normalized spacial score (nSPS) is 32.6. The Morgan fingerprint density at radius 1 is 1.50 bits per heavy atom. The highest BCUT2D eigenvalue weighted by Crippen LogP contribution is 2.13. The molecular formula is C7H13NO2. The molecule has 2 unspecified atom stereocenters. The van der Waals surface area contributed by atoms with Crippen LogP contribution in [0.3, 0.4) is 0 Å². The van der Waals surface area contributed by atoms with Crippen LogP contribution in [0.4, 0.5) is 0 Å². The zero-order valence-corrected chi connectivity index (χ0v) is 6.08. The molecule has 0 saturated carbocycles. The predicted molar refractivity (Wildman–Crippen MR) is 37.9 cm³/mol. The average Bonchev–Trinajstić information content (AvgIpc) is 2.04. The number of ether oxygens (including phenoxy) is 1. The summed E-state index contributed by atoms with van der Waals surface area (Å²) in [6.45, 7) is 0. The van der Waals surface area contributed by atoms with Crippen molar-refractivity contribution < 1.29 is 9.94 Å². The van der Waals surface area contributed by atoms with Crippen LogP contribution in [0.2, 0.25) is 0 Å². The number of hydrogen-bond donors (Lipinski definition) is 2. The van der Waals surface area contributed by atoms with Gasteiger partial charge in [-0.15, -0.1) is 0 Å². The van der Waals surface area contributed by atoms with Crippen LogP contribution in [0.1, 0.15) is 12.8 Å². The molecule has 2 atom stereocenters. The van der Waals surface area contributed by atoms with Crippen LogP contribution in [0.25, 0.3) is 0 Å². The summed E-state index contributed by atoms with van der Waals surface area (Å²) in [5.41, 5.74) is 2.23. The topological polar surface area (TPSA) is 41.5 Å². The van der Waals surface area contributed by atoms with Crippen molar-refractivity contribution in [2.75, 3.05) is 7.11 Å². The highest BCUT2D eigenvalue weighted by molar-refractivity contribution is 4.97. The highest BCUT2D eigenvalue weighted by Gasteiger charge is 2.20. The van der Waals surface area contributed by atoms with Crippen molar-refractivity contribution in [1.29, 1.82) is 0 Å². The summed E-state index contributed by atoms with van der Waals surface area (Å²) in [6.07, 6.45) is 5.96. The number of hydrogen-bond acceptors (Lipinski definition) is 3. The molecule has 0 aromatic rings. The van der Waals surface area contributed by atoms with E-state index in [-0.39, 0.29) is 12.1 Å². The fourth-order valence-electron chi connectivity index (χ4n) is 1.19. The lowest BCUT2D eigenvalue weighted by molar-refractivity contribution is 0.0109. The van der Waals surface area contributed by atoms with E-state index in [0.29, 0.717) is 0 Å². The molecule has 0 spiro atoms. The Morgan fingerprint density at radius 2 is 2.20 bits per heavy atom. The van der Waals surface area contributed by atoms with Gasteiger partial charge in [-0.3, -0.25) is 0 Å². The molecule has 0 fully saturated rings. The lowest BCUT2D eigenvalue weighted by Gasteiger charge is -2.25. The first kappa shape index (κ1) is 7.72. The molecule has 1 aliphatic rings. The molecule has 0 heterocycles. The Bertz CT molecular complexity index is 111. The van der Waals surface area contributed by atoms with Gasteiger partial charge in [-0.25, -0.2) is 0 Å². The van der Waals surface area contributed by atoms with Crippen LogP contribution in [0.5, 0.6) is 0 Å². The van der Waals surface area contributed by atoms with Gasteiger partial charge in [-0.2, -0.15) is 5.48 Å². The van der Waals surface area contributed by atoms with Gasteiger partial charge in [0.25, 0.3) is 0 Å². The maximum atomic E-state index is 8.63. The molecule has 58 valence electrons. The molecule has 1 rings (SSSR count). The van der Waals surface area contributed by atoms with Crippen LogP contribution in [0.15, 0.2) is 12.2 Å². The Kier molecular flexibility index (Phi) is 2.86. The minimum Gasteiger partial charge on any atom is -0.379 e. The smallest absolute Gasteiger partial charge is 0.0784 e. The van der Waals surface area contributed by atoms with Gasteiger partial charge in [0.15, 0.2) is 0 Å². The molecule has 0 aromatic heterocycles. The molecule has 0 amide bonds. The first-order valence-electron chi connectivity index (χ1n) is 3.46. The largest absolute Gasteiger partial charge is 0.379 e. The molecular weight excluding hydrogens is 130 g/mol. The minimum atomic E-state index is 0.0648. The second-order valence-corrected chi connectivity index (χ2v) is 2.45. The standard InChI is InChI=1S/C7H13NO2/c1-10-7-5-3-2-4-6(7)8-9/h2-3,6-9H,4-5H2,1H3. The van der Waals surface area contributed by atoms with Crippen LogP contribution < -0.4 is 5.48 Å². The number of nitrogens with one attached hydrogen (secondary N) is 1. The molecule has 0 saturated heterocycles. The number of hydroxylamine groups is 1. The third kappa shape index (κ3) is 1.56. The fraction of sp³-hybridized carbons (Fsp3) is 0.714. The average molecular weight is 143 g/mol. The van der Waals surface area contributed by atoms with Crippen molar-refractivity contribution in [1.82, 2.24) is 5.48 Å². The van der Waals surface area contributed by atoms with E-state index in [1.54, 1.807) is 7.11 Å². The first-order chi connectivity index (χ1) is 4.88. The molecule has 3 nitrogen and oxygen atoms in total. The van der Waals surface area contributed by atoms with E-state index in [1.807, 2.05) is 6.08 Å². The van der Waals surface area contributed by atoms with Crippen LogP contribution >= 0.6 is 0 Å². The molecule has 0 radical (unpaired) electrons. The third-order valence-corrected chi connectivity index (χ3v) is 1.84. The van der Waals surface area contributed by atoms with E-state index in [2.05, 4.69) is 11.6 Å². The van der Waals surface area contributed by atoms with Crippen molar-refractivity contribution in [3.05, 3.63) is 12.2 Å². The summed E-state index contributed by atoms with van der Waals surface area (Å²) < 4.78 is 5.12. The Labute approximate surface area is 60.6 Å². The van der Waals surface area contributed by atoms with Crippen molar-refractivity contribution in [2.45, 2.75) is 25.0 Å². The molecule has 1 aliphatic carbocycles.